The summed E-state index contributed by atoms with van der Waals surface area (Å²) in [4.78, 5) is 11.5. The van der Waals surface area contributed by atoms with Gasteiger partial charge in [0.1, 0.15) is 6.10 Å². The molecule has 2 aliphatic heterocycles. The van der Waals surface area contributed by atoms with Crippen LogP contribution in [0.2, 0.25) is 0 Å². The zero-order valence-corrected chi connectivity index (χ0v) is 28.2. The van der Waals surface area contributed by atoms with E-state index in [2.05, 4.69) is 11.7 Å². The van der Waals surface area contributed by atoms with Crippen molar-refractivity contribution < 1.29 is 39.8 Å². The van der Waals surface area contributed by atoms with Gasteiger partial charge in [-0.2, -0.15) is 0 Å². The molecule has 0 unspecified atom stereocenters. The number of aliphatic hydroxyl groups excluding tert-OH is 5. The number of hydrogen-bond acceptors (Lipinski definition) is 8. The maximum atomic E-state index is 11.5. The fourth-order valence-electron chi connectivity index (χ4n) is 7.76. The molecule has 0 aromatic heterocycles. The Labute approximate surface area is 273 Å². The highest BCUT2D eigenvalue weighted by Gasteiger charge is 2.44. The smallest absolute Gasteiger partial charge is 0.336 e. The fraction of sp³-hybridized carbons (Fsp3) is 0.919. The second-order valence-electron chi connectivity index (χ2n) is 14.4. The van der Waals surface area contributed by atoms with Crippen LogP contribution in [0, 0.1) is 11.8 Å². The summed E-state index contributed by atoms with van der Waals surface area (Å²) in [6.45, 7) is 2.25. The van der Waals surface area contributed by atoms with Crippen molar-refractivity contribution in [2.45, 2.75) is 204 Å². The van der Waals surface area contributed by atoms with Crippen LogP contribution in [-0.4, -0.2) is 74.4 Å². The van der Waals surface area contributed by atoms with Gasteiger partial charge in [-0.3, -0.25) is 0 Å². The molecule has 2 fully saturated rings. The Morgan fingerprint density at radius 3 is 1.87 bits per heavy atom. The summed E-state index contributed by atoms with van der Waals surface area (Å²) in [5.74, 6) is 0.174. The molecule has 0 aromatic carbocycles. The Bertz CT molecular complexity index is 833. The molecule has 5 N–H and O–H groups in total. The van der Waals surface area contributed by atoms with Crippen molar-refractivity contribution in [1.82, 2.24) is 0 Å². The maximum absolute atomic E-state index is 11.5. The minimum absolute atomic E-state index is 0.00899. The number of carbonyl (C=O) groups is 1. The van der Waals surface area contributed by atoms with Gasteiger partial charge in [-0.1, -0.05) is 110 Å². The van der Waals surface area contributed by atoms with Crippen LogP contribution in [0.25, 0.3) is 0 Å². The van der Waals surface area contributed by atoms with E-state index in [4.69, 9.17) is 4.74 Å². The molecule has 9 atom stereocenters. The highest BCUT2D eigenvalue weighted by Crippen LogP contribution is 2.41. The van der Waals surface area contributed by atoms with Crippen LogP contribution in [0.4, 0.5) is 0 Å². The first kappa shape index (κ1) is 38.4. The van der Waals surface area contributed by atoms with Gasteiger partial charge < -0.3 is 35.0 Å². The van der Waals surface area contributed by atoms with E-state index in [0.29, 0.717) is 36.7 Å². The minimum atomic E-state index is -1.18. The predicted octanol–water partition coefficient (Wildman–Crippen LogP) is 6.63. The van der Waals surface area contributed by atoms with Gasteiger partial charge in [0.15, 0.2) is 0 Å². The first-order valence-electron chi connectivity index (χ1n) is 18.8. The molecule has 2 heterocycles. The summed E-state index contributed by atoms with van der Waals surface area (Å²) < 4.78 is 10.9. The third-order valence-corrected chi connectivity index (χ3v) is 10.6. The zero-order valence-electron chi connectivity index (χ0n) is 28.2. The topological polar surface area (TPSA) is 137 Å². The molecular weight excluding hydrogens is 572 g/mol. The van der Waals surface area contributed by atoms with Crippen LogP contribution in [0.3, 0.4) is 0 Å². The summed E-state index contributed by atoms with van der Waals surface area (Å²) in [5, 5.41) is 51.7. The number of hydrogen-bond donors (Lipinski definition) is 5. The molecule has 3 rings (SSSR count). The average molecular weight is 639 g/mol. The Kier molecular flexibility index (Phi) is 18.6. The number of ether oxygens (including phenoxy) is 2. The van der Waals surface area contributed by atoms with E-state index in [1.807, 2.05) is 0 Å². The van der Waals surface area contributed by atoms with Gasteiger partial charge in [0, 0.05) is 18.4 Å². The molecule has 3 aliphatic rings. The zero-order chi connectivity index (χ0) is 32.4. The van der Waals surface area contributed by atoms with Crippen molar-refractivity contribution in [3.05, 3.63) is 11.6 Å². The second kappa shape index (κ2) is 21.8. The van der Waals surface area contributed by atoms with Gasteiger partial charge in [0.2, 0.25) is 6.29 Å². The van der Waals surface area contributed by atoms with Gasteiger partial charge >= 0.3 is 5.97 Å². The summed E-state index contributed by atoms with van der Waals surface area (Å²) in [5.41, 5.74) is 0.358. The largest absolute Gasteiger partial charge is 0.429 e. The quantitative estimate of drug-likeness (QED) is 0.0556. The number of cyclic esters (lactones) is 1. The van der Waals surface area contributed by atoms with Crippen molar-refractivity contribution in [3.8, 4) is 0 Å². The van der Waals surface area contributed by atoms with Crippen LogP contribution >= 0.6 is 0 Å². The van der Waals surface area contributed by atoms with Gasteiger partial charge in [-0.15, -0.1) is 0 Å². The molecular formula is C37H66O8. The summed E-state index contributed by atoms with van der Waals surface area (Å²) in [6.07, 6.45) is 22.4. The second-order valence-corrected chi connectivity index (χ2v) is 14.4. The van der Waals surface area contributed by atoms with Crippen LogP contribution in [0.15, 0.2) is 11.6 Å². The minimum Gasteiger partial charge on any atom is -0.429 e. The molecule has 0 aromatic rings. The number of esters is 1. The SMILES string of the molecule is CCCCCCCCCC[C@@H](O)[C@H]1CC[C@H]([C@H]2C[C@@H](O)[C@H]([C@H](O)CCCCCCCCCC[C@H](O)CC3=C[C@H](O)OC3=O)O2)C1. The molecule has 45 heavy (non-hydrogen) atoms. The standard InChI is InChI=1S/C37H66O8/c1-2-3-4-5-6-10-13-16-19-31(39)27-21-22-28(23-27)34-26-33(41)36(44-34)32(40)20-17-14-11-8-7-9-12-15-18-30(38)24-29-25-35(42)45-37(29)43/h25,27-28,30-36,38-42H,2-24,26H2,1H3/t27-,28-,30-,31+,32+,33+,34+,35+,36-/m0/s1. The van der Waals surface area contributed by atoms with Crippen LogP contribution in [0.5, 0.6) is 0 Å². The molecule has 0 amide bonds. The van der Waals surface area contributed by atoms with E-state index in [1.165, 1.54) is 51.0 Å². The van der Waals surface area contributed by atoms with Gasteiger partial charge in [0.05, 0.1) is 30.5 Å². The van der Waals surface area contributed by atoms with Gasteiger partial charge in [-0.25, -0.2) is 4.79 Å². The highest BCUT2D eigenvalue weighted by atomic mass is 16.6. The Morgan fingerprint density at radius 1 is 0.733 bits per heavy atom. The van der Waals surface area contributed by atoms with E-state index >= 15 is 0 Å². The fourth-order valence-corrected chi connectivity index (χ4v) is 7.76. The lowest BCUT2D eigenvalue weighted by molar-refractivity contribution is -0.151. The van der Waals surface area contributed by atoms with Crippen molar-refractivity contribution in [1.29, 1.82) is 0 Å². The van der Waals surface area contributed by atoms with Crippen LogP contribution in [-0.2, 0) is 14.3 Å². The highest BCUT2D eigenvalue weighted by molar-refractivity contribution is 5.90. The molecule has 1 saturated heterocycles. The number of rotatable bonds is 25. The number of unbranched alkanes of at least 4 members (excludes halogenated alkanes) is 14. The Hall–Kier alpha value is -1.03. The number of carbonyl (C=O) groups excluding carboxylic acids is 1. The Balaban J connectivity index is 1.16. The molecule has 0 radical (unpaired) electrons. The summed E-state index contributed by atoms with van der Waals surface area (Å²) in [7, 11) is 0. The van der Waals surface area contributed by atoms with E-state index in [-0.39, 0.29) is 18.6 Å². The van der Waals surface area contributed by atoms with Crippen LogP contribution in [0.1, 0.15) is 161 Å². The molecule has 262 valence electrons. The van der Waals surface area contributed by atoms with Gasteiger partial charge in [0.25, 0.3) is 0 Å². The monoisotopic (exact) mass is 638 g/mol. The molecule has 1 aliphatic carbocycles. The predicted molar refractivity (Wildman–Crippen MR) is 176 cm³/mol. The third kappa shape index (κ3) is 14.3. The molecule has 0 spiro atoms. The summed E-state index contributed by atoms with van der Waals surface area (Å²) >= 11 is 0. The number of aliphatic hydroxyl groups is 5. The summed E-state index contributed by atoms with van der Waals surface area (Å²) in [6, 6.07) is 0. The Morgan fingerprint density at radius 2 is 1.29 bits per heavy atom. The third-order valence-electron chi connectivity index (χ3n) is 10.6. The maximum Gasteiger partial charge on any atom is 0.336 e. The molecule has 1 saturated carbocycles. The first-order chi connectivity index (χ1) is 21.8. The average Bonchev–Trinajstić information content (AvgIpc) is 3.73. The lowest BCUT2D eigenvalue weighted by Crippen LogP contribution is -2.34. The lowest BCUT2D eigenvalue weighted by Gasteiger charge is -2.24. The lowest BCUT2D eigenvalue weighted by atomic mass is 9.91. The van der Waals surface area contributed by atoms with E-state index in [9.17, 15) is 30.3 Å². The molecule has 0 bridgehead atoms. The van der Waals surface area contributed by atoms with Crippen molar-refractivity contribution in [2.24, 2.45) is 11.8 Å². The van der Waals surface area contributed by atoms with Gasteiger partial charge in [-0.05, 0) is 56.4 Å². The first-order valence-corrected chi connectivity index (χ1v) is 18.8. The van der Waals surface area contributed by atoms with Crippen molar-refractivity contribution in [2.75, 3.05) is 0 Å². The van der Waals surface area contributed by atoms with Crippen LogP contribution < -0.4 is 0 Å². The molecule has 8 heteroatoms. The molecule has 8 nitrogen and oxygen atoms in total. The van der Waals surface area contributed by atoms with Crippen molar-refractivity contribution in [3.63, 3.8) is 0 Å². The van der Waals surface area contributed by atoms with E-state index < -0.39 is 36.7 Å². The normalized spacial score (nSPS) is 28.8. The van der Waals surface area contributed by atoms with E-state index in [1.54, 1.807) is 0 Å². The van der Waals surface area contributed by atoms with E-state index in [0.717, 1.165) is 83.5 Å². The van der Waals surface area contributed by atoms with Crippen molar-refractivity contribution >= 4 is 5.97 Å².